The van der Waals surface area contributed by atoms with Gasteiger partial charge in [0.15, 0.2) is 12.1 Å². The highest BCUT2D eigenvalue weighted by Crippen LogP contribution is 2.36. The van der Waals surface area contributed by atoms with Crippen molar-refractivity contribution in [3.8, 4) is 0 Å². The summed E-state index contributed by atoms with van der Waals surface area (Å²) in [5, 5.41) is 9.81. The summed E-state index contributed by atoms with van der Waals surface area (Å²) in [5.41, 5.74) is 0.357. The first kappa shape index (κ1) is 18.5. The minimum atomic E-state index is -0.961. The predicted molar refractivity (Wildman–Crippen MR) is 91.9 cm³/mol. The summed E-state index contributed by atoms with van der Waals surface area (Å²) >= 11 is 5.97. The van der Waals surface area contributed by atoms with Crippen molar-refractivity contribution in [1.29, 1.82) is 0 Å². The SMILES string of the molecule is CC(C)(C)C1CC(C(=O)c2cc(Cl)ccc2C=O)CCN1C(=O)O. The van der Waals surface area contributed by atoms with Gasteiger partial charge < -0.3 is 10.0 Å². The molecule has 6 heteroatoms. The summed E-state index contributed by atoms with van der Waals surface area (Å²) in [6.07, 6.45) is 0.580. The van der Waals surface area contributed by atoms with E-state index in [4.69, 9.17) is 11.6 Å². The summed E-state index contributed by atoms with van der Waals surface area (Å²) in [7, 11) is 0. The Balaban J connectivity index is 2.30. The first-order valence-electron chi connectivity index (χ1n) is 7.93. The number of halogens is 1. The van der Waals surface area contributed by atoms with Gasteiger partial charge in [-0.2, -0.15) is 0 Å². The van der Waals surface area contributed by atoms with E-state index in [1.807, 2.05) is 20.8 Å². The third-order valence-electron chi connectivity index (χ3n) is 4.63. The summed E-state index contributed by atoms with van der Waals surface area (Å²) < 4.78 is 0. The van der Waals surface area contributed by atoms with Crippen molar-refractivity contribution >= 4 is 29.8 Å². The Hall–Kier alpha value is -1.88. The van der Waals surface area contributed by atoms with Crippen molar-refractivity contribution in [2.24, 2.45) is 11.3 Å². The Morgan fingerprint density at radius 1 is 1.33 bits per heavy atom. The lowest BCUT2D eigenvalue weighted by molar-refractivity contribution is 0.0376. The van der Waals surface area contributed by atoms with Gasteiger partial charge in [0.1, 0.15) is 0 Å². The number of hydrogen-bond donors (Lipinski definition) is 1. The molecule has 1 heterocycles. The highest BCUT2D eigenvalue weighted by molar-refractivity contribution is 6.31. The molecule has 24 heavy (non-hydrogen) atoms. The van der Waals surface area contributed by atoms with Crippen LogP contribution in [0.5, 0.6) is 0 Å². The molecule has 2 rings (SSSR count). The summed E-state index contributed by atoms with van der Waals surface area (Å²) in [5.74, 6) is -0.458. The number of benzene rings is 1. The van der Waals surface area contributed by atoms with Crippen LogP contribution in [0.3, 0.4) is 0 Å². The minimum Gasteiger partial charge on any atom is -0.465 e. The van der Waals surface area contributed by atoms with E-state index in [1.165, 1.54) is 17.0 Å². The monoisotopic (exact) mass is 351 g/mol. The lowest BCUT2D eigenvalue weighted by atomic mass is 9.75. The number of amides is 1. The van der Waals surface area contributed by atoms with Crippen molar-refractivity contribution in [2.45, 2.75) is 39.7 Å². The number of carboxylic acid groups (broad SMARTS) is 1. The lowest BCUT2D eigenvalue weighted by Crippen LogP contribution is -2.52. The second-order valence-corrected chi connectivity index (χ2v) is 7.73. The average Bonchev–Trinajstić information content (AvgIpc) is 2.52. The zero-order chi connectivity index (χ0) is 18.1. The third kappa shape index (κ3) is 3.78. The summed E-state index contributed by atoms with van der Waals surface area (Å²) in [6.45, 7) is 6.22. The zero-order valence-corrected chi connectivity index (χ0v) is 14.8. The van der Waals surface area contributed by atoms with Crippen LogP contribution in [0, 0.1) is 11.3 Å². The number of likely N-dealkylation sites (tertiary alicyclic amines) is 1. The molecule has 1 saturated heterocycles. The van der Waals surface area contributed by atoms with Crippen LogP contribution in [-0.4, -0.2) is 40.8 Å². The predicted octanol–water partition coefficient (Wildman–Crippen LogP) is 4.14. The molecule has 0 saturated carbocycles. The van der Waals surface area contributed by atoms with Crippen LogP contribution in [0.15, 0.2) is 18.2 Å². The summed E-state index contributed by atoms with van der Waals surface area (Å²) in [6, 6.07) is 4.38. The Kier molecular flexibility index (Phi) is 5.33. The third-order valence-corrected chi connectivity index (χ3v) is 4.86. The molecule has 2 atom stereocenters. The summed E-state index contributed by atoms with van der Waals surface area (Å²) in [4.78, 5) is 37.0. The molecule has 1 amide bonds. The quantitative estimate of drug-likeness (QED) is 0.656. The number of carbonyl (C=O) groups is 3. The molecule has 1 aromatic carbocycles. The van der Waals surface area contributed by atoms with Crippen LogP contribution in [0.4, 0.5) is 4.79 Å². The maximum atomic E-state index is 12.9. The first-order chi connectivity index (χ1) is 11.1. The lowest BCUT2D eigenvalue weighted by Gasteiger charge is -2.44. The van der Waals surface area contributed by atoms with E-state index in [2.05, 4.69) is 0 Å². The number of rotatable bonds is 3. The van der Waals surface area contributed by atoms with Crippen LogP contribution in [0.25, 0.3) is 0 Å². The number of nitrogens with zero attached hydrogens (tertiary/aromatic N) is 1. The maximum absolute atomic E-state index is 12.9. The van der Waals surface area contributed by atoms with Gasteiger partial charge in [0.05, 0.1) is 0 Å². The zero-order valence-electron chi connectivity index (χ0n) is 14.1. The Bertz CT molecular complexity index is 665. The van der Waals surface area contributed by atoms with Gasteiger partial charge in [-0.15, -0.1) is 0 Å². The number of Topliss-reactive ketones (excluding diaryl/α,β-unsaturated/α-hetero) is 1. The highest BCUT2D eigenvalue weighted by atomic mass is 35.5. The van der Waals surface area contributed by atoms with Gasteiger partial charge in [0.2, 0.25) is 0 Å². The largest absolute Gasteiger partial charge is 0.465 e. The molecule has 0 bridgehead atoms. The second-order valence-electron chi connectivity index (χ2n) is 7.29. The normalized spacial score (nSPS) is 21.4. The molecule has 0 spiro atoms. The Morgan fingerprint density at radius 2 is 2.00 bits per heavy atom. The van der Waals surface area contributed by atoms with E-state index >= 15 is 0 Å². The molecule has 2 unspecified atom stereocenters. The van der Waals surface area contributed by atoms with E-state index in [0.717, 1.165) is 0 Å². The number of carbonyl (C=O) groups excluding carboxylic acids is 2. The molecule has 5 nitrogen and oxygen atoms in total. The van der Waals surface area contributed by atoms with Crippen LogP contribution >= 0.6 is 11.6 Å². The molecule has 0 aromatic heterocycles. The number of aldehydes is 1. The fourth-order valence-corrected chi connectivity index (χ4v) is 3.49. The number of hydrogen-bond acceptors (Lipinski definition) is 3. The second kappa shape index (κ2) is 6.93. The van der Waals surface area contributed by atoms with Crippen LogP contribution < -0.4 is 0 Å². The minimum absolute atomic E-state index is 0.140. The smallest absolute Gasteiger partial charge is 0.407 e. The van der Waals surface area contributed by atoms with E-state index in [9.17, 15) is 19.5 Å². The Labute approximate surface area is 146 Å². The molecule has 1 N–H and O–H groups in total. The van der Waals surface area contributed by atoms with Crippen molar-refractivity contribution in [3.63, 3.8) is 0 Å². The topological polar surface area (TPSA) is 74.7 Å². The molecule has 0 radical (unpaired) electrons. The number of ketones is 1. The molecule has 130 valence electrons. The highest BCUT2D eigenvalue weighted by Gasteiger charge is 2.41. The molecular formula is C18H22ClNO4. The van der Waals surface area contributed by atoms with E-state index < -0.39 is 6.09 Å². The van der Waals surface area contributed by atoms with Crippen LogP contribution in [0.2, 0.25) is 5.02 Å². The molecule has 1 aliphatic heterocycles. The van der Waals surface area contributed by atoms with E-state index in [1.54, 1.807) is 6.07 Å². The first-order valence-corrected chi connectivity index (χ1v) is 8.31. The van der Waals surface area contributed by atoms with Gasteiger partial charge in [-0.1, -0.05) is 32.4 Å². The van der Waals surface area contributed by atoms with Crippen LogP contribution in [-0.2, 0) is 0 Å². The molecule has 1 aliphatic rings. The standard InChI is InChI=1S/C18H22ClNO4/c1-18(2,3)15-8-11(6-7-20(15)17(23)24)16(22)14-9-13(19)5-4-12(14)10-21/h4-5,9-11,15H,6-8H2,1-3H3,(H,23,24). The fourth-order valence-electron chi connectivity index (χ4n) is 3.32. The number of piperidine rings is 1. The van der Waals surface area contributed by atoms with Gasteiger partial charge >= 0.3 is 6.09 Å². The fraction of sp³-hybridized carbons (Fsp3) is 0.500. The molecule has 1 fully saturated rings. The van der Waals surface area contributed by atoms with Crippen molar-refractivity contribution in [3.05, 3.63) is 34.3 Å². The van der Waals surface area contributed by atoms with Gasteiger partial charge in [-0.3, -0.25) is 9.59 Å². The van der Waals surface area contributed by atoms with Gasteiger partial charge in [-0.25, -0.2) is 4.79 Å². The Morgan fingerprint density at radius 3 is 2.54 bits per heavy atom. The van der Waals surface area contributed by atoms with Gasteiger partial charge in [-0.05, 0) is 36.5 Å². The van der Waals surface area contributed by atoms with Crippen molar-refractivity contribution < 1.29 is 19.5 Å². The molecule has 0 aliphatic carbocycles. The molecular weight excluding hydrogens is 330 g/mol. The van der Waals surface area contributed by atoms with E-state index in [0.29, 0.717) is 41.8 Å². The van der Waals surface area contributed by atoms with E-state index in [-0.39, 0.29) is 23.2 Å². The van der Waals surface area contributed by atoms with Crippen molar-refractivity contribution in [2.75, 3.05) is 6.54 Å². The molecule has 1 aromatic rings. The maximum Gasteiger partial charge on any atom is 0.407 e. The average molecular weight is 352 g/mol. The van der Waals surface area contributed by atoms with Gasteiger partial charge in [0, 0.05) is 34.7 Å². The van der Waals surface area contributed by atoms with Gasteiger partial charge in [0.25, 0.3) is 0 Å². The van der Waals surface area contributed by atoms with Crippen LogP contribution in [0.1, 0.15) is 54.3 Å². The van der Waals surface area contributed by atoms with Crippen molar-refractivity contribution in [1.82, 2.24) is 4.90 Å².